The molecule has 2 fully saturated rings. The zero-order valence-corrected chi connectivity index (χ0v) is 23.9. The maximum absolute atomic E-state index is 13.4. The van der Waals surface area contributed by atoms with Crippen molar-refractivity contribution < 1.29 is 23.5 Å². The van der Waals surface area contributed by atoms with Crippen molar-refractivity contribution >= 4 is 80.1 Å². The number of carbonyl (C=O) groups is 3. The summed E-state index contributed by atoms with van der Waals surface area (Å²) in [6.45, 7) is 1.36. The lowest BCUT2D eigenvalue weighted by Gasteiger charge is -2.22. The summed E-state index contributed by atoms with van der Waals surface area (Å²) in [5, 5.41) is -0.427. The van der Waals surface area contributed by atoms with E-state index < -0.39 is 11.1 Å². The standard InChI is InChI=1S/C25H23FI2N2O4S/c26-18-7-5-6-16(10-18)15-34-23-19(27)11-17(12-20(23)28)13-21-24(32)30(25(33)35-21)14-22(31)29-8-3-1-2-4-9-29/h5-7,10-13H,1-4,8-9,14-15H2. The van der Waals surface area contributed by atoms with Gasteiger partial charge in [-0.3, -0.25) is 19.3 Å². The monoisotopic (exact) mass is 720 g/mol. The molecule has 2 aliphatic rings. The maximum atomic E-state index is 13.4. The number of likely N-dealkylation sites (tertiary alicyclic amines) is 1. The maximum Gasteiger partial charge on any atom is 0.294 e. The fraction of sp³-hybridized carbons (Fsp3) is 0.320. The van der Waals surface area contributed by atoms with Crippen LogP contribution in [0.5, 0.6) is 5.75 Å². The summed E-state index contributed by atoms with van der Waals surface area (Å²) in [4.78, 5) is 41.2. The lowest BCUT2D eigenvalue weighted by Crippen LogP contribution is -2.42. The van der Waals surface area contributed by atoms with Gasteiger partial charge in [0.1, 0.15) is 24.7 Å². The van der Waals surface area contributed by atoms with Crippen molar-refractivity contribution in [1.82, 2.24) is 9.80 Å². The Morgan fingerprint density at radius 2 is 1.74 bits per heavy atom. The van der Waals surface area contributed by atoms with Crippen LogP contribution in [-0.4, -0.2) is 46.5 Å². The second-order valence-corrected chi connectivity index (χ2v) is 11.6. The first kappa shape index (κ1) is 26.4. The molecule has 2 aromatic carbocycles. The average molecular weight is 720 g/mol. The molecule has 2 saturated heterocycles. The summed E-state index contributed by atoms with van der Waals surface area (Å²) in [6.07, 6.45) is 5.77. The highest BCUT2D eigenvalue weighted by molar-refractivity contribution is 14.1. The zero-order valence-electron chi connectivity index (χ0n) is 18.8. The topological polar surface area (TPSA) is 66.9 Å². The van der Waals surface area contributed by atoms with E-state index >= 15 is 0 Å². The fourth-order valence-corrected chi connectivity index (χ4v) is 6.89. The van der Waals surface area contributed by atoms with Crippen LogP contribution in [0.3, 0.4) is 0 Å². The summed E-state index contributed by atoms with van der Waals surface area (Å²) >= 11 is 5.16. The molecule has 0 saturated carbocycles. The van der Waals surface area contributed by atoms with Crippen LogP contribution in [-0.2, 0) is 16.2 Å². The number of hydrogen-bond donors (Lipinski definition) is 0. The third-order valence-electron chi connectivity index (χ3n) is 5.72. The Balaban J connectivity index is 1.44. The molecule has 0 atom stereocenters. The number of hydrogen-bond acceptors (Lipinski definition) is 5. The molecule has 0 aliphatic carbocycles. The van der Waals surface area contributed by atoms with Crippen LogP contribution in [0, 0.1) is 13.0 Å². The predicted molar refractivity (Wildman–Crippen MR) is 150 cm³/mol. The van der Waals surface area contributed by atoms with Gasteiger partial charge in [-0.1, -0.05) is 25.0 Å². The smallest absolute Gasteiger partial charge is 0.294 e. The molecule has 2 heterocycles. The van der Waals surface area contributed by atoms with Crippen molar-refractivity contribution in [2.24, 2.45) is 0 Å². The van der Waals surface area contributed by atoms with E-state index in [4.69, 9.17) is 4.74 Å². The van der Waals surface area contributed by atoms with Gasteiger partial charge in [0, 0.05) is 13.1 Å². The van der Waals surface area contributed by atoms with E-state index in [1.807, 2.05) is 12.1 Å². The first-order valence-electron chi connectivity index (χ1n) is 11.2. The van der Waals surface area contributed by atoms with Gasteiger partial charge in [0.25, 0.3) is 11.1 Å². The third-order valence-corrected chi connectivity index (χ3v) is 8.23. The number of benzene rings is 2. The Hall–Kier alpha value is -1.67. The molecule has 4 rings (SSSR count). The van der Waals surface area contributed by atoms with Crippen molar-refractivity contribution in [2.75, 3.05) is 19.6 Å². The molecule has 184 valence electrons. The summed E-state index contributed by atoms with van der Waals surface area (Å²) in [7, 11) is 0. The van der Waals surface area contributed by atoms with Crippen molar-refractivity contribution in [3.8, 4) is 5.75 Å². The highest BCUT2D eigenvalue weighted by Gasteiger charge is 2.37. The number of imide groups is 1. The lowest BCUT2D eigenvalue weighted by atomic mass is 10.2. The summed E-state index contributed by atoms with van der Waals surface area (Å²) in [6, 6.07) is 9.98. The quantitative estimate of drug-likeness (QED) is 0.269. The second kappa shape index (κ2) is 12.0. The van der Waals surface area contributed by atoms with E-state index in [1.165, 1.54) is 12.1 Å². The van der Waals surface area contributed by atoms with Gasteiger partial charge in [-0.05, 0) is 111 Å². The number of halogens is 3. The van der Waals surface area contributed by atoms with E-state index in [-0.39, 0.29) is 24.9 Å². The molecule has 0 N–H and O–H groups in total. The van der Waals surface area contributed by atoms with Gasteiger partial charge in [0.05, 0.1) is 12.0 Å². The molecule has 0 aromatic heterocycles. The molecule has 2 aromatic rings. The highest BCUT2D eigenvalue weighted by Crippen LogP contribution is 2.35. The predicted octanol–water partition coefficient (Wildman–Crippen LogP) is 6.05. The SMILES string of the molecule is O=C(CN1C(=O)SC(=Cc2cc(I)c(OCc3cccc(F)c3)c(I)c2)C1=O)N1CCCCCC1. The van der Waals surface area contributed by atoms with Gasteiger partial charge >= 0.3 is 0 Å². The molecule has 2 aliphatic heterocycles. The average Bonchev–Trinajstić information content (AvgIpc) is 3.00. The molecule has 6 nitrogen and oxygen atoms in total. The Labute approximate surface area is 234 Å². The van der Waals surface area contributed by atoms with Gasteiger partial charge in [-0.25, -0.2) is 4.39 Å². The molecule has 35 heavy (non-hydrogen) atoms. The normalized spacial score (nSPS) is 17.7. The van der Waals surface area contributed by atoms with Crippen LogP contribution in [0.15, 0.2) is 41.3 Å². The number of ether oxygens (including phenoxy) is 1. The zero-order chi connectivity index (χ0) is 24.9. The minimum Gasteiger partial charge on any atom is -0.487 e. The van der Waals surface area contributed by atoms with Crippen molar-refractivity contribution in [2.45, 2.75) is 32.3 Å². The van der Waals surface area contributed by atoms with Gasteiger partial charge in [0.15, 0.2) is 0 Å². The minimum absolute atomic E-state index is 0.181. The van der Waals surface area contributed by atoms with E-state index in [0.717, 1.165) is 60.6 Å². The van der Waals surface area contributed by atoms with Gasteiger partial charge < -0.3 is 9.64 Å². The largest absolute Gasteiger partial charge is 0.487 e. The second-order valence-electron chi connectivity index (χ2n) is 8.30. The van der Waals surface area contributed by atoms with Crippen molar-refractivity contribution in [3.05, 3.63) is 65.4 Å². The highest BCUT2D eigenvalue weighted by atomic mass is 127. The number of thioether (sulfide) groups is 1. The number of rotatable bonds is 6. The molecule has 0 radical (unpaired) electrons. The van der Waals surface area contributed by atoms with Gasteiger partial charge in [0.2, 0.25) is 5.91 Å². The Kier molecular flexibility index (Phi) is 9.08. The first-order chi connectivity index (χ1) is 16.8. The van der Waals surface area contributed by atoms with Gasteiger partial charge in [-0.2, -0.15) is 0 Å². The Morgan fingerprint density at radius 1 is 1.06 bits per heavy atom. The van der Waals surface area contributed by atoms with Crippen LogP contribution in [0.1, 0.15) is 36.8 Å². The number of nitrogens with zero attached hydrogens (tertiary/aromatic N) is 2. The van der Waals surface area contributed by atoms with Gasteiger partial charge in [-0.15, -0.1) is 0 Å². The first-order valence-corrected chi connectivity index (χ1v) is 14.2. The molecule has 0 unspecified atom stereocenters. The number of carbonyl (C=O) groups excluding carboxylic acids is 3. The van der Waals surface area contributed by atoms with Crippen LogP contribution in [0.4, 0.5) is 9.18 Å². The summed E-state index contributed by atoms with van der Waals surface area (Å²) in [5.74, 6) is -0.268. The van der Waals surface area contributed by atoms with Crippen LogP contribution >= 0.6 is 56.9 Å². The molecule has 0 spiro atoms. The summed E-state index contributed by atoms with van der Waals surface area (Å²) in [5.41, 5.74) is 1.48. The van der Waals surface area contributed by atoms with Crippen LogP contribution in [0.2, 0.25) is 0 Å². The number of amides is 3. The Bertz CT molecular complexity index is 1160. The van der Waals surface area contributed by atoms with Crippen LogP contribution < -0.4 is 4.74 Å². The molecular formula is C25H23FI2N2O4S. The van der Waals surface area contributed by atoms with E-state index in [9.17, 15) is 18.8 Å². The van der Waals surface area contributed by atoms with Crippen LogP contribution in [0.25, 0.3) is 6.08 Å². The lowest BCUT2D eigenvalue weighted by molar-refractivity contribution is -0.135. The molecular weight excluding hydrogens is 697 g/mol. The Morgan fingerprint density at radius 3 is 2.40 bits per heavy atom. The van der Waals surface area contributed by atoms with E-state index in [1.54, 1.807) is 23.1 Å². The van der Waals surface area contributed by atoms with E-state index in [0.29, 0.717) is 23.7 Å². The molecule has 0 bridgehead atoms. The fourth-order valence-electron chi connectivity index (χ4n) is 3.93. The summed E-state index contributed by atoms with van der Waals surface area (Å²) < 4.78 is 21.0. The molecule has 10 heteroatoms. The van der Waals surface area contributed by atoms with Crippen molar-refractivity contribution in [3.63, 3.8) is 0 Å². The van der Waals surface area contributed by atoms with Crippen molar-refractivity contribution in [1.29, 1.82) is 0 Å². The molecule has 3 amide bonds. The minimum atomic E-state index is -0.445. The third kappa shape index (κ3) is 6.76. The van der Waals surface area contributed by atoms with E-state index in [2.05, 4.69) is 45.2 Å².